The molecule has 1 saturated carbocycles. The molecule has 4 heteroatoms. The molecule has 15 heavy (non-hydrogen) atoms. The first-order valence-corrected chi connectivity index (χ1v) is 8.34. The van der Waals surface area contributed by atoms with Crippen LogP contribution in [0.15, 0.2) is 9.72 Å². The van der Waals surface area contributed by atoms with Gasteiger partial charge in [-0.3, -0.25) is 0 Å². The number of alkyl halides is 1. The smallest absolute Gasteiger partial charge is 0.150 e. The zero-order valence-electron chi connectivity index (χ0n) is 8.96. The maximum absolute atomic E-state index is 4.50. The number of halogens is 1. The molecular weight excluding hydrogens is 290 g/mol. The van der Waals surface area contributed by atoms with E-state index in [-0.39, 0.29) is 0 Å². The average Bonchev–Trinajstić information content (AvgIpc) is 2.85. The minimum absolute atomic E-state index is 0.546. The van der Waals surface area contributed by atoms with Crippen molar-refractivity contribution in [3.8, 4) is 0 Å². The van der Waals surface area contributed by atoms with E-state index in [2.05, 4.69) is 33.2 Å². The topological polar surface area (TPSA) is 12.9 Å². The Kier molecular flexibility index (Phi) is 4.13. The molecule has 1 heterocycles. The highest BCUT2D eigenvalue weighted by Crippen LogP contribution is 2.43. The second-order valence-electron chi connectivity index (χ2n) is 4.38. The fourth-order valence-corrected chi connectivity index (χ4v) is 5.22. The number of thiazole rings is 1. The van der Waals surface area contributed by atoms with E-state index in [9.17, 15) is 0 Å². The zero-order chi connectivity index (χ0) is 10.7. The summed E-state index contributed by atoms with van der Waals surface area (Å²) in [4.78, 5) is 4.50. The van der Waals surface area contributed by atoms with Crippen LogP contribution in [-0.2, 0) is 0 Å². The number of nitrogens with zero attached hydrogens (tertiary/aromatic N) is 1. The molecule has 84 valence electrons. The van der Waals surface area contributed by atoms with Crippen LogP contribution >= 0.6 is 39.0 Å². The third kappa shape index (κ3) is 2.98. The van der Waals surface area contributed by atoms with E-state index in [1.807, 2.05) is 11.8 Å². The lowest BCUT2D eigenvalue weighted by Gasteiger charge is -2.25. The Bertz CT molecular complexity index is 318. The molecule has 0 amide bonds. The van der Waals surface area contributed by atoms with Crippen LogP contribution in [-0.4, -0.2) is 16.1 Å². The molecule has 0 saturated heterocycles. The van der Waals surface area contributed by atoms with Gasteiger partial charge in [-0.1, -0.05) is 40.5 Å². The second kappa shape index (κ2) is 5.19. The molecule has 0 radical (unpaired) electrons. The van der Waals surface area contributed by atoms with Gasteiger partial charge in [-0.05, 0) is 25.2 Å². The van der Waals surface area contributed by atoms with Gasteiger partial charge in [-0.25, -0.2) is 4.98 Å². The van der Waals surface area contributed by atoms with E-state index < -0.39 is 0 Å². The van der Waals surface area contributed by atoms with Crippen molar-refractivity contribution >= 4 is 39.0 Å². The highest BCUT2D eigenvalue weighted by atomic mass is 79.9. The summed E-state index contributed by atoms with van der Waals surface area (Å²) in [5, 5.41) is 3.29. The lowest BCUT2D eigenvalue weighted by molar-refractivity contribution is 0.405. The molecule has 0 unspecified atom stereocenters. The van der Waals surface area contributed by atoms with Crippen LogP contribution in [0, 0.1) is 12.3 Å². The van der Waals surface area contributed by atoms with Crippen molar-refractivity contribution in [1.82, 2.24) is 4.98 Å². The van der Waals surface area contributed by atoms with E-state index in [4.69, 9.17) is 0 Å². The lowest BCUT2D eigenvalue weighted by Crippen LogP contribution is -2.21. The largest absolute Gasteiger partial charge is 0.235 e. The Morgan fingerprint density at radius 3 is 2.80 bits per heavy atom. The molecule has 0 aliphatic heterocycles. The third-order valence-electron chi connectivity index (χ3n) is 3.05. The van der Waals surface area contributed by atoms with Gasteiger partial charge in [0.05, 0.1) is 0 Å². The Labute approximate surface area is 108 Å². The summed E-state index contributed by atoms with van der Waals surface area (Å²) in [7, 11) is 0. The fraction of sp³-hybridized carbons (Fsp3) is 0.727. The predicted octanol–water partition coefficient (Wildman–Crippen LogP) is 4.50. The van der Waals surface area contributed by atoms with Crippen LogP contribution in [0.2, 0.25) is 0 Å². The third-order valence-corrected chi connectivity index (χ3v) is 6.73. The van der Waals surface area contributed by atoms with Crippen LogP contribution in [0.1, 0.15) is 31.4 Å². The Morgan fingerprint density at radius 1 is 1.53 bits per heavy atom. The van der Waals surface area contributed by atoms with Gasteiger partial charge in [-0.15, -0.1) is 11.3 Å². The lowest BCUT2D eigenvalue weighted by atomic mass is 9.92. The SMILES string of the molecule is Cc1csc(SCC2(CBr)CCCC2)n1. The van der Waals surface area contributed by atoms with Crippen LogP contribution in [0.3, 0.4) is 0 Å². The molecular formula is C11H16BrNS2. The van der Waals surface area contributed by atoms with Crippen LogP contribution in [0.4, 0.5) is 0 Å². The molecule has 0 aromatic carbocycles. The van der Waals surface area contributed by atoms with Gasteiger partial charge in [0.15, 0.2) is 0 Å². The summed E-state index contributed by atoms with van der Waals surface area (Å²) in [5.74, 6) is 1.23. The molecule has 1 aromatic rings. The van der Waals surface area contributed by atoms with Gasteiger partial charge >= 0.3 is 0 Å². The van der Waals surface area contributed by atoms with Gasteiger partial charge in [-0.2, -0.15) is 0 Å². The normalized spacial score (nSPS) is 19.6. The van der Waals surface area contributed by atoms with Crippen molar-refractivity contribution < 1.29 is 0 Å². The Hall–Kier alpha value is 0.460. The maximum atomic E-state index is 4.50. The van der Waals surface area contributed by atoms with E-state index >= 15 is 0 Å². The Morgan fingerprint density at radius 2 is 2.27 bits per heavy atom. The molecule has 0 bridgehead atoms. The molecule has 1 aliphatic rings. The van der Waals surface area contributed by atoms with Gasteiger partial charge in [0, 0.05) is 22.2 Å². The highest BCUT2D eigenvalue weighted by molar-refractivity contribution is 9.09. The summed E-state index contributed by atoms with van der Waals surface area (Å²) in [6, 6.07) is 0. The molecule has 1 aliphatic carbocycles. The summed E-state index contributed by atoms with van der Waals surface area (Å²) in [6.45, 7) is 2.07. The predicted molar refractivity (Wildman–Crippen MR) is 72.3 cm³/mol. The molecule has 1 nitrogen and oxygen atoms in total. The van der Waals surface area contributed by atoms with Crippen molar-refractivity contribution in [2.45, 2.75) is 36.9 Å². The number of aryl methyl sites for hydroxylation is 1. The first-order valence-electron chi connectivity index (χ1n) is 5.35. The summed E-state index contributed by atoms with van der Waals surface area (Å²) in [6.07, 6.45) is 5.58. The van der Waals surface area contributed by atoms with Crippen LogP contribution in [0.5, 0.6) is 0 Å². The summed E-state index contributed by atoms with van der Waals surface area (Å²) < 4.78 is 1.24. The number of thioether (sulfide) groups is 1. The number of hydrogen-bond donors (Lipinski definition) is 0. The van der Waals surface area contributed by atoms with Gasteiger partial charge < -0.3 is 0 Å². The highest BCUT2D eigenvalue weighted by Gasteiger charge is 2.32. The van der Waals surface area contributed by atoms with Crippen molar-refractivity contribution in [2.24, 2.45) is 5.41 Å². The second-order valence-corrected chi connectivity index (χ2v) is 7.03. The van der Waals surface area contributed by atoms with E-state index in [0.717, 1.165) is 11.0 Å². The summed E-state index contributed by atoms with van der Waals surface area (Å²) in [5.41, 5.74) is 1.70. The molecule has 0 spiro atoms. The molecule has 0 atom stereocenters. The minimum Gasteiger partial charge on any atom is -0.235 e. The molecule has 1 aromatic heterocycles. The molecule has 1 fully saturated rings. The van der Waals surface area contributed by atoms with Crippen LogP contribution in [0.25, 0.3) is 0 Å². The zero-order valence-corrected chi connectivity index (χ0v) is 12.2. The number of aromatic nitrogens is 1. The van der Waals surface area contributed by atoms with Gasteiger partial charge in [0.1, 0.15) is 4.34 Å². The van der Waals surface area contributed by atoms with E-state index in [0.29, 0.717) is 5.41 Å². The van der Waals surface area contributed by atoms with Crippen molar-refractivity contribution in [3.05, 3.63) is 11.1 Å². The number of hydrogen-bond acceptors (Lipinski definition) is 3. The average molecular weight is 306 g/mol. The molecule has 0 N–H and O–H groups in total. The van der Waals surface area contributed by atoms with Gasteiger partial charge in [0.25, 0.3) is 0 Å². The quantitative estimate of drug-likeness (QED) is 0.600. The molecule has 2 rings (SSSR count). The fourth-order valence-electron chi connectivity index (χ4n) is 2.06. The minimum atomic E-state index is 0.546. The van der Waals surface area contributed by atoms with Crippen molar-refractivity contribution in [2.75, 3.05) is 11.1 Å². The van der Waals surface area contributed by atoms with E-state index in [1.165, 1.54) is 35.8 Å². The maximum Gasteiger partial charge on any atom is 0.150 e. The first kappa shape index (κ1) is 11.9. The first-order chi connectivity index (χ1) is 7.24. The van der Waals surface area contributed by atoms with Crippen molar-refractivity contribution in [3.63, 3.8) is 0 Å². The summed E-state index contributed by atoms with van der Waals surface area (Å²) >= 11 is 7.40. The van der Waals surface area contributed by atoms with Crippen molar-refractivity contribution in [1.29, 1.82) is 0 Å². The van der Waals surface area contributed by atoms with Gasteiger partial charge in [0.2, 0.25) is 0 Å². The van der Waals surface area contributed by atoms with E-state index in [1.54, 1.807) is 11.3 Å². The standard InChI is InChI=1S/C11H16BrNS2/c1-9-6-14-10(13-9)15-8-11(7-12)4-2-3-5-11/h6H,2-5,7-8H2,1H3. The van der Waals surface area contributed by atoms with Crippen LogP contribution < -0.4 is 0 Å². The number of rotatable bonds is 4. The Balaban J connectivity index is 1.91. The monoisotopic (exact) mass is 305 g/mol.